The van der Waals surface area contributed by atoms with Crippen molar-refractivity contribution in [2.75, 3.05) is 0 Å². The number of ketones is 2. The summed E-state index contributed by atoms with van der Waals surface area (Å²) in [5.41, 5.74) is 0.0934. The quantitative estimate of drug-likeness (QED) is 0.617. The second-order valence-corrected chi connectivity index (χ2v) is 4.00. The molecule has 5 heteroatoms. The Balaban J connectivity index is 3.19. The Morgan fingerprint density at radius 3 is 2.50 bits per heavy atom. The van der Waals surface area contributed by atoms with Crippen molar-refractivity contribution in [2.24, 2.45) is 5.92 Å². The van der Waals surface area contributed by atoms with E-state index in [4.69, 9.17) is 28.5 Å². The van der Waals surface area contributed by atoms with Crippen molar-refractivity contribution in [3.05, 3.63) is 33.8 Å². The third kappa shape index (κ3) is 2.60. The number of nitrogens with zero attached hydrogens (tertiary/aromatic N) is 1. The molecule has 0 aliphatic heterocycles. The van der Waals surface area contributed by atoms with E-state index >= 15 is 0 Å². The van der Waals surface area contributed by atoms with E-state index in [2.05, 4.69) is 0 Å². The van der Waals surface area contributed by atoms with Crippen LogP contribution < -0.4 is 0 Å². The molecule has 0 fully saturated rings. The standard InChI is InChI=1S/C11H7Cl2NO2/c1-6(15)9(5-14)11(16)8-4-7(12)2-3-10(8)13/h2-4,9H,1H3. The third-order valence-corrected chi connectivity index (χ3v) is 2.56. The van der Waals surface area contributed by atoms with Crippen molar-refractivity contribution < 1.29 is 9.59 Å². The van der Waals surface area contributed by atoms with E-state index in [0.717, 1.165) is 0 Å². The summed E-state index contributed by atoms with van der Waals surface area (Å²) in [6, 6.07) is 5.97. The Labute approximate surface area is 103 Å². The van der Waals surface area contributed by atoms with E-state index in [1.165, 1.54) is 25.1 Å². The Bertz CT molecular complexity index is 491. The maximum absolute atomic E-state index is 11.8. The molecule has 0 saturated heterocycles. The minimum absolute atomic E-state index is 0.0934. The van der Waals surface area contributed by atoms with Crippen LogP contribution in [0.2, 0.25) is 10.0 Å². The van der Waals surface area contributed by atoms with Crippen LogP contribution in [-0.2, 0) is 4.79 Å². The smallest absolute Gasteiger partial charge is 0.189 e. The van der Waals surface area contributed by atoms with Gasteiger partial charge in [-0.15, -0.1) is 0 Å². The molecule has 0 N–H and O–H groups in total. The fourth-order valence-electron chi connectivity index (χ4n) is 1.18. The predicted molar refractivity (Wildman–Crippen MR) is 60.6 cm³/mol. The molecule has 0 aliphatic carbocycles. The first-order valence-electron chi connectivity index (χ1n) is 4.36. The molecule has 0 saturated carbocycles. The monoisotopic (exact) mass is 255 g/mol. The molecule has 3 nitrogen and oxygen atoms in total. The van der Waals surface area contributed by atoms with Crippen LogP contribution >= 0.6 is 23.2 Å². The Kier molecular flexibility index (Phi) is 4.05. The number of hydrogen-bond acceptors (Lipinski definition) is 3. The average Bonchev–Trinajstić information content (AvgIpc) is 2.22. The molecule has 1 aromatic rings. The van der Waals surface area contributed by atoms with Gasteiger partial charge in [0.2, 0.25) is 0 Å². The molecule has 1 atom stereocenters. The first kappa shape index (κ1) is 12.7. The molecular formula is C11H7Cl2NO2. The predicted octanol–water partition coefficient (Wildman–Crippen LogP) is 2.90. The Hall–Kier alpha value is -1.37. The minimum atomic E-state index is -1.32. The largest absolute Gasteiger partial charge is 0.298 e. The first-order chi connectivity index (χ1) is 7.47. The van der Waals surface area contributed by atoms with Gasteiger partial charge in [-0.1, -0.05) is 23.2 Å². The SMILES string of the molecule is CC(=O)C(C#N)C(=O)c1cc(Cl)ccc1Cl. The number of benzene rings is 1. The van der Waals surface area contributed by atoms with E-state index in [9.17, 15) is 9.59 Å². The van der Waals surface area contributed by atoms with Gasteiger partial charge in [0, 0.05) is 10.6 Å². The highest BCUT2D eigenvalue weighted by Crippen LogP contribution is 2.23. The van der Waals surface area contributed by atoms with Gasteiger partial charge in [0.1, 0.15) is 0 Å². The molecule has 1 aromatic carbocycles. The van der Waals surface area contributed by atoms with Gasteiger partial charge < -0.3 is 0 Å². The molecule has 82 valence electrons. The second-order valence-electron chi connectivity index (χ2n) is 3.16. The van der Waals surface area contributed by atoms with Crippen molar-refractivity contribution in [3.8, 4) is 6.07 Å². The highest BCUT2D eigenvalue weighted by molar-refractivity contribution is 6.36. The number of rotatable bonds is 3. The molecule has 0 aliphatic rings. The highest BCUT2D eigenvalue weighted by Gasteiger charge is 2.25. The summed E-state index contributed by atoms with van der Waals surface area (Å²) in [5, 5.41) is 9.22. The molecule has 0 aromatic heterocycles. The van der Waals surface area contributed by atoms with Crippen LogP contribution in [-0.4, -0.2) is 11.6 Å². The zero-order chi connectivity index (χ0) is 12.3. The van der Waals surface area contributed by atoms with Crippen molar-refractivity contribution in [1.29, 1.82) is 5.26 Å². The van der Waals surface area contributed by atoms with Gasteiger partial charge in [-0.2, -0.15) is 5.26 Å². The number of nitriles is 1. The molecule has 0 bridgehead atoms. The summed E-state index contributed by atoms with van der Waals surface area (Å²) in [7, 11) is 0. The van der Waals surface area contributed by atoms with Crippen LogP contribution in [0.15, 0.2) is 18.2 Å². The van der Waals surface area contributed by atoms with E-state index in [1.807, 2.05) is 0 Å². The lowest BCUT2D eigenvalue weighted by Gasteiger charge is -2.06. The van der Waals surface area contributed by atoms with Crippen LogP contribution in [0.25, 0.3) is 0 Å². The zero-order valence-corrected chi connectivity index (χ0v) is 9.84. The van der Waals surface area contributed by atoms with Crippen LogP contribution in [0.5, 0.6) is 0 Å². The van der Waals surface area contributed by atoms with E-state index in [1.54, 1.807) is 6.07 Å². The maximum atomic E-state index is 11.8. The molecule has 16 heavy (non-hydrogen) atoms. The van der Waals surface area contributed by atoms with Gasteiger partial charge in [-0.25, -0.2) is 0 Å². The highest BCUT2D eigenvalue weighted by atomic mass is 35.5. The maximum Gasteiger partial charge on any atom is 0.189 e. The third-order valence-electron chi connectivity index (χ3n) is 1.99. The molecule has 1 rings (SSSR count). The van der Waals surface area contributed by atoms with E-state index in [0.29, 0.717) is 5.02 Å². The van der Waals surface area contributed by atoms with Crippen molar-refractivity contribution in [1.82, 2.24) is 0 Å². The zero-order valence-electron chi connectivity index (χ0n) is 8.33. The number of carbonyl (C=O) groups is 2. The summed E-state index contributed by atoms with van der Waals surface area (Å²) < 4.78 is 0. The Morgan fingerprint density at radius 1 is 1.38 bits per heavy atom. The topological polar surface area (TPSA) is 57.9 Å². The summed E-state index contributed by atoms with van der Waals surface area (Å²) in [4.78, 5) is 22.9. The van der Waals surface area contributed by atoms with Gasteiger partial charge in [0.15, 0.2) is 17.5 Å². The molecular weight excluding hydrogens is 249 g/mol. The summed E-state index contributed by atoms with van der Waals surface area (Å²) in [5.74, 6) is -2.46. The first-order valence-corrected chi connectivity index (χ1v) is 5.12. The number of carbonyl (C=O) groups excluding carboxylic acids is 2. The van der Waals surface area contributed by atoms with Crippen molar-refractivity contribution in [3.63, 3.8) is 0 Å². The van der Waals surface area contributed by atoms with Crippen LogP contribution in [0.4, 0.5) is 0 Å². The van der Waals surface area contributed by atoms with E-state index < -0.39 is 17.5 Å². The van der Waals surface area contributed by atoms with Gasteiger partial charge in [-0.3, -0.25) is 9.59 Å². The summed E-state index contributed by atoms with van der Waals surface area (Å²) in [6.07, 6.45) is 0. The van der Waals surface area contributed by atoms with Crippen LogP contribution in [0.1, 0.15) is 17.3 Å². The second kappa shape index (κ2) is 5.11. The van der Waals surface area contributed by atoms with Crippen molar-refractivity contribution >= 4 is 34.8 Å². The average molecular weight is 256 g/mol. The van der Waals surface area contributed by atoms with Gasteiger partial charge in [-0.05, 0) is 25.1 Å². The van der Waals surface area contributed by atoms with E-state index in [-0.39, 0.29) is 10.6 Å². The lowest BCUT2D eigenvalue weighted by molar-refractivity contribution is -0.118. The van der Waals surface area contributed by atoms with Crippen molar-refractivity contribution in [2.45, 2.75) is 6.92 Å². The normalized spacial score (nSPS) is 11.6. The summed E-state index contributed by atoms with van der Waals surface area (Å²) in [6.45, 7) is 1.18. The molecule has 1 unspecified atom stereocenters. The Morgan fingerprint density at radius 2 is 2.00 bits per heavy atom. The number of halogens is 2. The van der Waals surface area contributed by atoms with Gasteiger partial charge >= 0.3 is 0 Å². The fourth-order valence-corrected chi connectivity index (χ4v) is 1.56. The molecule has 0 heterocycles. The molecule has 0 radical (unpaired) electrons. The molecule has 0 amide bonds. The lowest BCUT2D eigenvalue weighted by atomic mass is 9.96. The minimum Gasteiger partial charge on any atom is -0.298 e. The lowest BCUT2D eigenvalue weighted by Crippen LogP contribution is -2.20. The summed E-state index contributed by atoms with van der Waals surface area (Å²) >= 11 is 11.5. The number of hydrogen-bond donors (Lipinski definition) is 0. The number of Topliss-reactive ketones (excluding diaryl/α,β-unsaturated/α-hetero) is 2. The van der Waals surface area contributed by atoms with Crippen LogP contribution in [0.3, 0.4) is 0 Å². The van der Waals surface area contributed by atoms with Gasteiger partial charge in [0.25, 0.3) is 0 Å². The van der Waals surface area contributed by atoms with Gasteiger partial charge in [0.05, 0.1) is 11.1 Å². The molecule has 0 spiro atoms. The fraction of sp³-hybridized carbons (Fsp3) is 0.182. The van der Waals surface area contributed by atoms with Crippen LogP contribution in [0, 0.1) is 17.2 Å².